The van der Waals surface area contributed by atoms with Crippen LogP contribution < -0.4 is 4.90 Å². The molecule has 102 valence electrons. The summed E-state index contributed by atoms with van der Waals surface area (Å²) in [4.78, 5) is 6.81. The third-order valence-corrected chi connectivity index (χ3v) is 4.47. The molecule has 1 aromatic carbocycles. The van der Waals surface area contributed by atoms with E-state index in [1.54, 1.807) is 11.3 Å². The van der Waals surface area contributed by atoms with Crippen molar-refractivity contribution in [2.45, 2.75) is 11.8 Å². The van der Waals surface area contributed by atoms with Gasteiger partial charge < -0.3 is 4.90 Å². The molecule has 0 saturated heterocycles. The zero-order valence-electron chi connectivity index (χ0n) is 11.2. The summed E-state index contributed by atoms with van der Waals surface area (Å²) >= 11 is 7.72. The number of allylic oxidation sites excluding steroid dienone is 3. The van der Waals surface area contributed by atoms with Crippen molar-refractivity contribution in [1.82, 2.24) is 4.98 Å². The Labute approximate surface area is 128 Å². The maximum atomic E-state index is 6.05. The van der Waals surface area contributed by atoms with Crippen molar-refractivity contribution in [3.8, 4) is 10.6 Å². The molecule has 0 fully saturated rings. The van der Waals surface area contributed by atoms with E-state index >= 15 is 0 Å². The lowest BCUT2D eigenvalue weighted by Crippen LogP contribution is -2.17. The summed E-state index contributed by atoms with van der Waals surface area (Å²) in [6.45, 7) is 0. The second-order valence-corrected chi connectivity index (χ2v) is 6.09. The van der Waals surface area contributed by atoms with Gasteiger partial charge in [0.25, 0.3) is 0 Å². The van der Waals surface area contributed by atoms with Gasteiger partial charge in [-0.25, -0.2) is 4.98 Å². The van der Waals surface area contributed by atoms with Crippen molar-refractivity contribution in [2.75, 3.05) is 11.9 Å². The number of hydrogen-bond donors (Lipinski definition) is 0. The summed E-state index contributed by atoms with van der Waals surface area (Å²) in [5, 5.41) is 3.24. The highest BCUT2D eigenvalue weighted by Gasteiger charge is 2.13. The molecule has 0 N–H and O–H groups in total. The Balaban J connectivity index is 1.82. The molecule has 0 bridgehead atoms. The molecule has 1 aromatic heterocycles. The molecule has 0 radical (unpaired) electrons. The van der Waals surface area contributed by atoms with Crippen LogP contribution in [0.2, 0.25) is 0 Å². The maximum absolute atomic E-state index is 6.05. The highest BCUT2D eigenvalue weighted by molar-refractivity contribution is 7.13. The largest absolute Gasteiger partial charge is 0.329 e. The molecule has 0 amide bonds. The van der Waals surface area contributed by atoms with Crippen LogP contribution in [0.25, 0.3) is 10.6 Å². The Bertz CT molecular complexity index is 646. The molecule has 4 heteroatoms. The SMILES string of the molecule is CN(C1=CCC(Cl)C=C1)c1csc(-c2ccccc2)n1. The minimum atomic E-state index is 0.113. The van der Waals surface area contributed by atoms with E-state index in [0.29, 0.717) is 0 Å². The number of halogens is 1. The highest BCUT2D eigenvalue weighted by atomic mass is 35.5. The monoisotopic (exact) mass is 302 g/mol. The quantitative estimate of drug-likeness (QED) is 0.764. The Morgan fingerprint density at radius 2 is 2.10 bits per heavy atom. The van der Waals surface area contributed by atoms with Crippen LogP contribution in [0.15, 0.2) is 59.6 Å². The number of hydrogen-bond acceptors (Lipinski definition) is 3. The van der Waals surface area contributed by atoms with Gasteiger partial charge in [0.2, 0.25) is 0 Å². The number of rotatable bonds is 3. The lowest BCUT2D eigenvalue weighted by Gasteiger charge is -2.20. The van der Waals surface area contributed by atoms with Crippen molar-refractivity contribution in [2.24, 2.45) is 0 Å². The van der Waals surface area contributed by atoms with Crippen LogP contribution >= 0.6 is 22.9 Å². The lowest BCUT2D eigenvalue weighted by molar-refractivity contribution is 0.982. The molecule has 2 nitrogen and oxygen atoms in total. The van der Waals surface area contributed by atoms with Gasteiger partial charge in [-0.3, -0.25) is 0 Å². The second-order valence-electron chi connectivity index (χ2n) is 4.68. The number of benzene rings is 1. The Morgan fingerprint density at radius 1 is 1.30 bits per heavy atom. The first kappa shape index (κ1) is 13.4. The van der Waals surface area contributed by atoms with Crippen molar-refractivity contribution < 1.29 is 0 Å². The number of aromatic nitrogens is 1. The Morgan fingerprint density at radius 3 is 2.80 bits per heavy atom. The van der Waals surface area contributed by atoms with Crippen LogP contribution in [-0.2, 0) is 0 Å². The lowest BCUT2D eigenvalue weighted by atomic mass is 10.1. The van der Waals surface area contributed by atoms with Crippen LogP contribution in [0, 0.1) is 0 Å². The van der Waals surface area contributed by atoms with Crippen LogP contribution in [0.5, 0.6) is 0 Å². The number of anilines is 1. The summed E-state index contributed by atoms with van der Waals surface area (Å²) < 4.78 is 0. The van der Waals surface area contributed by atoms with Crippen LogP contribution in [0.4, 0.5) is 5.82 Å². The standard InChI is InChI=1S/C16H15ClN2S/c1-19(14-9-7-13(17)8-10-14)15-11-20-16(18-15)12-5-3-2-4-6-12/h2-7,9-11,13H,8H2,1H3. The topological polar surface area (TPSA) is 16.1 Å². The van der Waals surface area contributed by atoms with Gasteiger partial charge in [-0.05, 0) is 12.5 Å². The van der Waals surface area contributed by atoms with Crippen LogP contribution in [0.3, 0.4) is 0 Å². The van der Waals surface area contributed by atoms with Crippen molar-refractivity contribution in [3.05, 3.63) is 59.6 Å². The fraction of sp³-hybridized carbons (Fsp3) is 0.188. The van der Waals surface area contributed by atoms with Crippen molar-refractivity contribution >= 4 is 28.8 Å². The average Bonchev–Trinajstić information content (AvgIpc) is 2.98. The van der Waals surface area contributed by atoms with E-state index in [4.69, 9.17) is 16.6 Å². The molecule has 0 aliphatic heterocycles. The fourth-order valence-corrected chi connectivity index (χ4v) is 3.10. The Hall–Kier alpha value is -1.58. The Kier molecular flexibility index (Phi) is 3.90. The molecule has 1 unspecified atom stereocenters. The molecule has 0 saturated carbocycles. The van der Waals surface area contributed by atoms with E-state index in [0.717, 1.165) is 28.5 Å². The maximum Gasteiger partial charge on any atom is 0.144 e. The van der Waals surface area contributed by atoms with Gasteiger partial charge in [-0.1, -0.05) is 42.5 Å². The number of likely N-dealkylation sites (N-methyl/N-ethyl adjacent to an activating group) is 1. The molecule has 1 aliphatic carbocycles. The van der Waals surface area contributed by atoms with Gasteiger partial charge in [-0.2, -0.15) is 0 Å². The molecular weight excluding hydrogens is 288 g/mol. The van der Waals surface area contributed by atoms with Crippen LogP contribution in [0.1, 0.15) is 6.42 Å². The summed E-state index contributed by atoms with van der Waals surface area (Å²) in [6, 6.07) is 10.3. The first-order valence-electron chi connectivity index (χ1n) is 6.51. The van der Waals surface area contributed by atoms with Gasteiger partial charge in [0.1, 0.15) is 10.8 Å². The molecule has 0 spiro atoms. The third kappa shape index (κ3) is 2.79. The van der Waals surface area contributed by atoms with E-state index in [2.05, 4.69) is 34.6 Å². The van der Waals surface area contributed by atoms with E-state index in [9.17, 15) is 0 Å². The van der Waals surface area contributed by atoms with Crippen LogP contribution in [-0.4, -0.2) is 17.4 Å². The minimum absolute atomic E-state index is 0.113. The third-order valence-electron chi connectivity index (χ3n) is 3.27. The molecule has 1 atom stereocenters. The smallest absolute Gasteiger partial charge is 0.144 e. The zero-order chi connectivity index (χ0) is 13.9. The molecule has 2 aromatic rings. The molecule has 1 aliphatic rings. The van der Waals surface area contributed by atoms with Gasteiger partial charge in [0.05, 0.1) is 5.38 Å². The summed E-state index contributed by atoms with van der Waals surface area (Å²) in [5.74, 6) is 0.970. The molecule has 1 heterocycles. The molecule has 20 heavy (non-hydrogen) atoms. The average molecular weight is 303 g/mol. The molecular formula is C16H15ClN2S. The second kappa shape index (κ2) is 5.81. The minimum Gasteiger partial charge on any atom is -0.329 e. The van der Waals surface area contributed by atoms with E-state index in [1.807, 2.05) is 31.3 Å². The van der Waals surface area contributed by atoms with E-state index in [1.165, 1.54) is 0 Å². The number of thiazole rings is 1. The van der Waals surface area contributed by atoms with Gasteiger partial charge in [-0.15, -0.1) is 22.9 Å². The first-order chi connectivity index (χ1) is 9.74. The zero-order valence-corrected chi connectivity index (χ0v) is 12.7. The first-order valence-corrected chi connectivity index (χ1v) is 7.83. The van der Waals surface area contributed by atoms with Gasteiger partial charge >= 0.3 is 0 Å². The fourth-order valence-electron chi connectivity index (χ4n) is 2.10. The summed E-state index contributed by atoms with van der Waals surface area (Å²) in [5.41, 5.74) is 2.30. The normalized spacial score (nSPS) is 17.9. The van der Waals surface area contributed by atoms with E-state index in [-0.39, 0.29) is 5.38 Å². The highest BCUT2D eigenvalue weighted by Crippen LogP contribution is 2.29. The van der Waals surface area contributed by atoms with Gasteiger partial charge in [0, 0.05) is 23.7 Å². The van der Waals surface area contributed by atoms with E-state index < -0.39 is 0 Å². The van der Waals surface area contributed by atoms with Gasteiger partial charge in [0.15, 0.2) is 0 Å². The summed E-state index contributed by atoms with van der Waals surface area (Å²) in [7, 11) is 2.04. The number of nitrogens with zero attached hydrogens (tertiary/aromatic N) is 2. The summed E-state index contributed by atoms with van der Waals surface area (Å²) in [6.07, 6.45) is 7.10. The van der Waals surface area contributed by atoms with Crippen molar-refractivity contribution in [3.63, 3.8) is 0 Å². The van der Waals surface area contributed by atoms with Crippen molar-refractivity contribution in [1.29, 1.82) is 0 Å². The predicted octanol–water partition coefficient (Wildman–Crippen LogP) is 4.70. The molecule has 3 rings (SSSR count). The predicted molar refractivity (Wildman–Crippen MR) is 87.4 cm³/mol. The number of alkyl halides is 1.